The lowest BCUT2D eigenvalue weighted by molar-refractivity contribution is -0.117. The van der Waals surface area contributed by atoms with E-state index in [1.165, 1.54) is 31.8 Å². The molecule has 2 saturated carbocycles. The van der Waals surface area contributed by atoms with Crippen molar-refractivity contribution in [2.24, 2.45) is 0 Å². The average Bonchev–Trinajstić information content (AvgIpc) is 3.45. The van der Waals surface area contributed by atoms with Gasteiger partial charge in [0.1, 0.15) is 11.6 Å². The van der Waals surface area contributed by atoms with E-state index in [0.717, 1.165) is 18.5 Å². The van der Waals surface area contributed by atoms with Gasteiger partial charge in [-0.3, -0.25) is 4.79 Å². The Bertz CT molecular complexity index is 1000. The van der Waals surface area contributed by atoms with Gasteiger partial charge in [-0.05, 0) is 80.9 Å². The molecule has 32 heavy (non-hydrogen) atoms. The molecule has 2 fully saturated rings. The lowest BCUT2D eigenvalue weighted by Crippen LogP contribution is -2.26. The van der Waals surface area contributed by atoms with Gasteiger partial charge in [0.05, 0.1) is 0 Å². The summed E-state index contributed by atoms with van der Waals surface area (Å²) in [5, 5.41) is 6.46. The van der Waals surface area contributed by atoms with Gasteiger partial charge in [0.15, 0.2) is 0 Å². The maximum absolute atomic E-state index is 15.5. The van der Waals surface area contributed by atoms with Crippen molar-refractivity contribution in [1.82, 2.24) is 5.32 Å². The Balaban J connectivity index is 1.64. The molecule has 2 aromatic carbocycles. The van der Waals surface area contributed by atoms with E-state index in [1.807, 2.05) is 31.2 Å². The highest BCUT2D eigenvalue weighted by Crippen LogP contribution is 2.35. The zero-order valence-electron chi connectivity index (χ0n) is 19.2. The second kappa shape index (κ2) is 9.43. The van der Waals surface area contributed by atoms with Crippen molar-refractivity contribution in [2.75, 3.05) is 5.32 Å². The molecule has 0 aromatic heterocycles. The Morgan fingerprint density at radius 3 is 2.22 bits per heavy atom. The molecular formula is C27H32F2N2O. The topological polar surface area (TPSA) is 41.1 Å². The van der Waals surface area contributed by atoms with Gasteiger partial charge in [-0.15, -0.1) is 0 Å². The van der Waals surface area contributed by atoms with Gasteiger partial charge in [-0.25, -0.2) is 8.78 Å². The van der Waals surface area contributed by atoms with Gasteiger partial charge >= 0.3 is 0 Å². The van der Waals surface area contributed by atoms with E-state index >= 15 is 8.78 Å². The summed E-state index contributed by atoms with van der Waals surface area (Å²) in [6.45, 7) is 5.03. The molecule has 1 amide bonds. The minimum Gasteiger partial charge on any atom is -0.382 e. The summed E-state index contributed by atoms with van der Waals surface area (Å²) >= 11 is 0. The summed E-state index contributed by atoms with van der Waals surface area (Å²) in [5.41, 5.74) is 3.04. The Labute approximate surface area is 189 Å². The van der Waals surface area contributed by atoms with Gasteiger partial charge in [-0.1, -0.05) is 31.9 Å². The number of hydrogen-bond acceptors (Lipinski definition) is 2. The zero-order valence-corrected chi connectivity index (χ0v) is 19.2. The van der Waals surface area contributed by atoms with Crippen LogP contribution in [0.5, 0.6) is 0 Å². The van der Waals surface area contributed by atoms with Crippen LogP contribution in [0.15, 0.2) is 29.8 Å². The van der Waals surface area contributed by atoms with Crippen molar-refractivity contribution < 1.29 is 13.6 Å². The second-order valence-corrected chi connectivity index (χ2v) is 9.14. The molecule has 5 heteroatoms. The minimum absolute atomic E-state index is 0.158. The summed E-state index contributed by atoms with van der Waals surface area (Å²) in [4.78, 5) is 12.5. The molecule has 0 spiro atoms. The Kier molecular flexibility index (Phi) is 6.63. The van der Waals surface area contributed by atoms with Gasteiger partial charge in [0.2, 0.25) is 5.91 Å². The number of hydrogen-bond donors (Lipinski definition) is 2. The van der Waals surface area contributed by atoms with E-state index in [0.29, 0.717) is 23.6 Å². The number of amides is 1. The number of rotatable bonds is 7. The number of anilines is 1. The third-order valence-electron chi connectivity index (χ3n) is 6.70. The van der Waals surface area contributed by atoms with Crippen molar-refractivity contribution in [2.45, 2.75) is 77.8 Å². The fourth-order valence-corrected chi connectivity index (χ4v) is 4.51. The van der Waals surface area contributed by atoms with E-state index in [4.69, 9.17) is 0 Å². The van der Waals surface area contributed by atoms with E-state index in [2.05, 4.69) is 10.6 Å². The van der Waals surface area contributed by atoms with Crippen LogP contribution in [0, 0.1) is 25.5 Å². The fraction of sp³-hybridized carbons (Fsp3) is 0.444. The predicted octanol–water partition coefficient (Wildman–Crippen LogP) is 6.68. The highest BCUT2D eigenvalue weighted by Gasteiger charge is 2.25. The molecule has 0 atom stereocenters. The summed E-state index contributed by atoms with van der Waals surface area (Å²) in [6.07, 6.45) is 8.77. The van der Waals surface area contributed by atoms with Crippen LogP contribution >= 0.6 is 0 Å². The summed E-state index contributed by atoms with van der Waals surface area (Å²) in [6, 6.07) is 8.27. The molecule has 2 aliphatic rings. The van der Waals surface area contributed by atoms with Crippen LogP contribution in [-0.2, 0) is 4.79 Å². The van der Waals surface area contributed by atoms with Gasteiger partial charge in [0, 0.05) is 34.5 Å². The van der Waals surface area contributed by atoms with Crippen molar-refractivity contribution >= 4 is 17.7 Å². The first-order valence-electron chi connectivity index (χ1n) is 11.8. The van der Waals surface area contributed by atoms with Gasteiger partial charge < -0.3 is 10.6 Å². The predicted molar refractivity (Wildman–Crippen MR) is 127 cm³/mol. The van der Waals surface area contributed by atoms with Crippen LogP contribution in [-0.4, -0.2) is 18.0 Å². The molecule has 0 aliphatic heterocycles. The van der Waals surface area contributed by atoms with Crippen LogP contribution in [0.4, 0.5) is 14.5 Å². The smallest absolute Gasteiger partial charge is 0.247 e. The van der Waals surface area contributed by atoms with Gasteiger partial charge in [-0.2, -0.15) is 0 Å². The standard InChI is InChI=1S/C27H32F2N2O/c1-4-18(27(32)31-22-13-14-22)15-23-16(2)26(29)24(17(3)25(23)28)19-9-11-21(12-10-19)30-20-7-5-6-8-20/h9-12,15,20,22,30H,4-8,13-14H2,1-3H3,(H,31,32). The fourth-order valence-electron chi connectivity index (χ4n) is 4.51. The quantitative estimate of drug-likeness (QED) is 0.474. The second-order valence-electron chi connectivity index (χ2n) is 9.14. The highest BCUT2D eigenvalue weighted by atomic mass is 19.1. The van der Waals surface area contributed by atoms with Crippen molar-refractivity contribution in [3.8, 4) is 11.1 Å². The van der Waals surface area contributed by atoms with E-state index < -0.39 is 11.6 Å². The number of benzene rings is 2. The molecule has 4 rings (SSSR count). The largest absolute Gasteiger partial charge is 0.382 e. The van der Waals surface area contributed by atoms with Gasteiger partial charge in [0.25, 0.3) is 0 Å². The number of carbonyl (C=O) groups is 1. The first-order chi connectivity index (χ1) is 15.4. The number of nitrogens with one attached hydrogen (secondary N) is 2. The Morgan fingerprint density at radius 2 is 1.62 bits per heavy atom. The van der Waals surface area contributed by atoms with Crippen LogP contribution in [0.2, 0.25) is 0 Å². The lowest BCUT2D eigenvalue weighted by Gasteiger charge is -2.17. The first-order valence-corrected chi connectivity index (χ1v) is 11.8. The Hall–Kier alpha value is -2.69. The monoisotopic (exact) mass is 438 g/mol. The zero-order chi connectivity index (χ0) is 22.8. The minimum atomic E-state index is -0.475. The molecule has 170 valence electrons. The summed E-state index contributed by atoms with van der Waals surface area (Å²) < 4.78 is 30.9. The van der Waals surface area contributed by atoms with Crippen LogP contribution < -0.4 is 10.6 Å². The van der Waals surface area contributed by atoms with Crippen molar-refractivity contribution in [1.29, 1.82) is 0 Å². The van der Waals surface area contributed by atoms with Crippen LogP contribution in [0.1, 0.15) is 68.6 Å². The first kappa shape index (κ1) is 22.5. The summed E-state index contributed by atoms with van der Waals surface area (Å²) in [7, 11) is 0. The number of carbonyl (C=O) groups excluding carboxylic acids is 1. The molecule has 3 nitrogen and oxygen atoms in total. The van der Waals surface area contributed by atoms with Crippen LogP contribution in [0.3, 0.4) is 0 Å². The maximum Gasteiger partial charge on any atom is 0.247 e. The molecule has 0 heterocycles. The molecule has 2 aromatic rings. The van der Waals surface area contributed by atoms with E-state index in [1.54, 1.807) is 13.8 Å². The Morgan fingerprint density at radius 1 is 0.969 bits per heavy atom. The normalized spacial score (nSPS) is 17.0. The summed E-state index contributed by atoms with van der Waals surface area (Å²) in [5.74, 6) is -1.11. The third-order valence-corrected chi connectivity index (χ3v) is 6.70. The maximum atomic E-state index is 15.5. The molecule has 2 N–H and O–H groups in total. The SMILES string of the molecule is CCC(=Cc1c(C)c(F)c(-c2ccc(NC3CCCC3)cc2)c(C)c1F)C(=O)NC1CC1. The van der Waals surface area contributed by atoms with E-state index in [-0.39, 0.29) is 34.2 Å². The average molecular weight is 439 g/mol. The number of halogens is 2. The van der Waals surface area contributed by atoms with Crippen molar-refractivity contribution in [3.05, 3.63) is 58.2 Å². The lowest BCUT2D eigenvalue weighted by atomic mass is 9.92. The van der Waals surface area contributed by atoms with Crippen molar-refractivity contribution in [3.63, 3.8) is 0 Å². The molecular weight excluding hydrogens is 406 g/mol. The van der Waals surface area contributed by atoms with Crippen LogP contribution in [0.25, 0.3) is 17.2 Å². The molecule has 0 saturated heterocycles. The molecule has 0 unspecified atom stereocenters. The highest BCUT2D eigenvalue weighted by molar-refractivity contribution is 5.98. The van der Waals surface area contributed by atoms with E-state index in [9.17, 15) is 4.79 Å². The third kappa shape index (κ3) is 4.72. The molecule has 2 aliphatic carbocycles. The molecule has 0 radical (unpaired) electrons. The molecule has 0 bridgehead atoms.